The van der Waals surface area contributed by atoms with Crippen molar-refractivity contribution in [3.63, 3.8) is 0 Å². The molecule has 0 aromatic rings. The number of ketones is 1. The predicted molar refractivity (Wildman–Crippen MR) is 101 cm³/mol. The molecule has 8 nitrogen and oxygen atoms in total. The molecule has 29 heavy (non-hydrogen) atoms. The van der Waals surface area contributed by atoms with E-state index in [1.54, 1.807) is 6.08 Å². The topological polar surface area (TPSA) is 134 Å². The Balaban J connectivity index is 1.66. The Labute approximate surface area is 169 Å². The molecule has 0 spiro atoms. The number of carbonyl (C=O) groups is 2. The van der Waals surface area contributed by atoms with E-state index in [1.807, 2.05) is 6.08 Å². The normalized spacial score (nSPS) is 42.3. The number of rotatable bonds is 4. The average molecular weight is 408 g/mol. The summed E-state index contributed by atoms with van der Waals surface area (Å²) in [4.78, 5) is 24.6. The van der Waals surface area contributed by atoms with Crippen molar-refractivity contribution in [2.24, 2.45) is 17.3 Å². The first-order valence-corrected chi connectivity index (χ1v) is 9.71. The zero-order chi connectivity index (χ0) is 21.5. The second-order valence-corrected chi connectivity index (χ2v) is 8.38. The van der Waals surface area contributed by atoms with Gasteiger partial charge in [0.1, 0.15) is 24.4 Å². The fourth-order valence-corrected chi connectivity index (χ4v) is 4.44. The lowest BCUT2D eigenvalue weighted by molar-refractivity contribution is -0.291. The molecular formula is C21H28O8. The minimum atomic E-state index is -1.67. The van der Waals surface area contributed by atoms with Crippen LogP contribution in [0.5, 0.6) is 0 Å². The van der Waals surface area contributed by atoms with E-state index in [-0.39, 0.29) is 28.6 Å². The lowest BCUT2D eigenvalue weighted by atomic mass is 9.58. The van der Waals surface area contributed by atoms with Crippen LogP contribution < -0.4 is 0 Å². The molecule has 4 N–H and O–H groups in total. The molecule has 1 heterocycles. The zero-order valence-corrected chi connectivity index (χ0v) is 16.4. The number of hydrogen-bond acceptors (Lipinski definition) is 8. The van der Waals surface area contributed by atoms with Crippen LogP contribution in [0, 0.1) is 17.3 Å². The van der Waals surface area contributed by atoms with E-state index in [2.05, 4.69) is 20.1 Å². The van der Waals surface area contributed by atoms with Gasteiger partial charge < -0.3 is 29.9 Å². The van der Waals surface area contributed by atoms with Crippen LogP contribution in [0.2, 0.25) is 0 Å². The minimum Gasteiger partial charge on any atom is -0.429 e. The highest BCUT2D eigenvalue weighted by Gasteiger charge is 2.47. The number of carbonyl (C=O) groups excluding carboxylic acids is 2. The lowest BCUT2D eigenvalue weighted by Gasteiger charge is -2.45. The maximum atomic E-state index is 12.6. The molecule has 0 amide bonds. The summed E-state index contributed by atoms with van der Waals surface area (Å²) in [7, 11) is 0. The number of fused-ring (bicyclic) bond motifs is 1. The Bertz CT molecular complexity index is 741. The van der Waals surface area contributed by atoms with Crippen molar-refractivity contribution in [3.05, 3.63) is 36.5 Å². The van der Waals surface area contributed by atoms with E-state index >= 15 is 0 Å². The van der Waals surface area contributed by atoms with Crippen LogP contribution in [0.3, 0.4) is 0 Å². The van der Waals surface area contributed by atoms with Gasteiger partial charge in [0, 0.05) is 5.57 Å². The number of aliphatic hydroxyl groups is 4. The van der Waals surface area contributed by atoms with Crippen LogP contribution in [0.1, 0.15) is 26.2 Å². The van der Waals surface area contributed by atoms with E-state index in [4.69, 9.17) is 9.47 Å². The van der Waals surface area contributed by atoms with Crippen LogP contribution in [0.4, 0.5) is 0 Å². The Morgan fingerprint density at radius 2 is 2.00 bits per heavy atom. The molecule has 2 fully saturated rings. The van der Waals surface area contributed by atoms with Gasteiger partial charge in [0.05, 0.1) is 6.61 Å². The summed E-state index contributed by atoms with van der Waals surface area (Å²) < 4.78 is 10.4. The molecule has 2 aliphatic carbocycles. The number of allylic oxidation sites excluding steroid dienone is 3. The van der Waals surface area contributed by atoms with E-state index in [0.717, 1.165) is 6.42 Å². The fourth-order valence-electron chi connectivity index (χ4n) is 4.44. The Hall–Kier alpha value is -1.84. The molecule has 8 heteroatoms. The van der Waals surface area contributed by atoms with Crippen molar-refractivity contribution in [2.75, 3.05) is 6.61 Å². The van der Waals surface area contributed by atoms with Crippen molar-refractivity contribution in [2.45, 2.75) is 56.9 Å². The van der Waals surface area contributed by atoms with Gasteiger partial charge in [0.15, 0.2) is 5.78 Å². The van der Waals surface area contributed by atoms with Gasteiger partial charge in [0.25, 0.3) is 0 Å². The highest BCUT2D eigenvalue weighted by molar-refractivity contribution is 6.05. The SMILES string of the molecule is C=C(C(=O)OC1OC(CO)C(O)C(O)C1O)C1CCC2(C)C=CC(=O)C(=C)C2C1. The predicted octanol–water partition coefficient (Wildman–Crippen LogP) is 0.00340. The first kappa shape index (κ1) is 21.9. The van der Waals surface area contributed by atoms with Gasteiger partial charge in [-0.2, -0.15) is 0 Å². The molecule has 0 bridgehead atoms. The fraction of sp³-hybridized carbons (Fsp3) is 0.619. The Morgan fingerprint density at radius 1 is 1.31 bits per heavy atom. The van der Waals surface area contributed by atoms with Crippen LogP contribution in [0.15, 0.2) is 36.5 Å². The van der Waals surface area contributed by atoms with Crippen molar-refractivity contribution in [1.29, 1.82) is 0 Å². The van der Waals surface area contributed by atoms with Crippen LogP contribution in [-0.2, 0) is 19.1 Å². The van der Waals surface area contributed by atoms with Crippen molar-refractivity contribution in [3.8, 4) is 0 Å². The number of esters is 1. The van der Waals surface area contributed by atoms with Crippen LogP contribution in [0.25, 0.3) is 0 Å². The molecule has 1 saturated heterocycles. The summed E-state index contributed by atoms with van der Waals surface area (Å²) in [6.07, 6.45) is -2.14. The average Bonchev–Trinajstić information content (AvgIpc) is 2.70. The molecule has 0 aromatic carbocycles. The summed E-state index contributed by atoms with van der Waals surface area (Å²) in [5.74, 6) is -1.24. The zero-order valence-electron chi connectivity index (χ0n) is 16.4. The third-order valence-electron chi connectivity index (χ3n) is 6.53. The second-order valence-electron chi connectivity index (χ2n) is 8.38. The Kier molecular flexibility index (Phi) is 6.12. The van der Waals surface area contributed by atoms with Gasteiger partial charge in [-0.25, -0.2) is 4.79 Å². The highest BCUT2D eigenvalue weighted by Crippen LogP contribution is 2.51. The van der Waals surface area contributed by atoms with Crippen molar-refractivity contribution in [1.82, 2.24) is 0 Å². The summed E-state index contributed by atoms with van der Waals surface area (Å²) in [6.45, 7) is 9.21. The number of hydrogen-bond donors (Lipinski definition) is 4. The molecule has 160 valence electrons. The molecule has 0 aromatic heterocycles. The third kappa shape index (κ3) is 3.95. The van der Waals surface area contributed by atoms with Gasteiger partial charge >= 0.3 is 5.97 Å². The summed E-state index contributed by atoms with van der Waals surface area (Å²) in [6, 6.07) is 0. The molecule has 1 aliphatic heterocycles. The van der Waals surface area contributed by atoms with E-state index in [9.17, 15) is 30.0 Å². The Morgan fingerprint density at radius 3 is 2.66 bits per heavy atom. The largest absolute Gasteiger partial charge is 0.429 e. The first-order valence-electron chi connectivity index (χ1n) is 9.71. The van der Waals surface area contributed by atoms with Gasteiger partial charge in [-0.3, -0.25) is 4.79 Å². The smallest absolute Gasteiger partial charge is 0.336 e. The van der Waals surface area contributed by atoms with Crippen molar-refractivity contribution < 1.29 is 39.5 Å². The monoisotopic (exact) mass is 408 g/mol. The number of ether oxygens (including phenoxy) is 2. The van der Waals surface area contributed by atoms with E-state index < -0.39 is 43.3 Å². The molecule has 8 unspecified atom stereocenters. The summed E-state index contributed by atoms with van der Waals surface area (Å²) in [5, 5.41) is 38.9. The minimum absolute atomic E-state index is 0.101. The van der Waals surface area contributed by atoms with Crippen molar-refractivity contribution >= 4 is 11.8 Å². The third-order valence-corrected chi connectivity index (χ3v) is 6.53. The maximum absolute atomic E-state index is 12.6. The maximum Gasteiger partial charge on any atom is 0.336 e. The van der Waals surface area contributed by atoms with E-state index in [0.29, 0.717) is 18.4 Å². The van der Waals surface area contributed by atoms with Gasteiger partial charge in [-0.15, -0.1) is 0 Å². The summed E-state index contributed by atoms with van der Waals surface area (Å²) >= 11 is 0. The van der Waals surface area contributed by atoms with Crippen LogP contribution in [-0.4, -0.2) is 69.5 Å². The molecule has 0 radical (unpaired) electrons. The highest BCUT2D eigenvalue weighted by atomic mass is 16.7. The van der Waals surface area contributed by atoms with Gasteiger partial charge in [0.2, 0.25) is 6.29 Å². The molecule has 3 aliphatic rings. The van der Waals surface area contributed by atoms with Crippen LogP contribution >= 0.6 is 0 Å². The van der Waals surface area contributed by atoms with Gasteiger partial charge in [-0.05, 0) is 48.2 Å². The summed E-state index contributed by atoms with van der Waals surface area (Å²) in [5.41, 5.74) is 0.511. The quantitative estimate of drug-likeness (QED) is 0.377. The number of aliphatic hydroxyl groups excluding tert-OH is 4. The molecular weight excluding hydrogens is 380 g/mol. The molecule has 3 rings (SSSR count). The molecule has 8 atom stereocenters. The van der Waals surface area contributed by atoms with E-state index in [1.165, 1.54) is 0 Å². The standard InChI is InChI=1S/C21H28O8/c1-10(12-4-6-21(3)7-5-14(23)11(2)13(21)8-12)19(27)29-20-18(26)17(25)16(24)15(9-22)28-20/h5,7,12-13,15-18,20,22,24-26H,1-2,4,6,8-9H2,3H3. The lowest BCUT2D eigenvalue weighted by Crippen LogP contribution is -2.59. The molecule has 1 saturated carbocycles. The van der Waals surface area contributed by atoms with Gasteiger partial charge in [-0.1, -0.05) is 26.2 Å². The first-order chi connectivity index (χ1) is 13.6. The second kappa shape index (κ2) is 8.12.